The van der Waals surface area contributed by atoms with E-state index in [-0.39, 0.29) is 0 Å². The fourth-order valence-electron chi connectivity index (χ4n) is 3.51. The predicted octanol–water partition coefficient (Wildman–Crippen LogP) is 3.11. The van der Waals surface area contributed by atoms with Crippen molar-refractivity contribution in [3.05, 3.63) is 24.2 Å². The van der Waals surface area contributed by atoms with Crippen LogP contribution >= 0.6 is 0 Å². The average Bonchev–Trinajstić information content (AvgIpc) is 2.84. The molecule has 0 aliphatic heterocycles. The highest BCUT2D eigenvalue weighted by atomic mass is 16.3. The van der Waals surface area contributed by atoms with Crippen LogP contribution in [0.25, 0.3) is 0 Å². The Balaban J connectivity index is 1.93. The van der Waals surface area contributed by atoms with Gasteiger partial charge >= 0.3 is 0 Å². The molecule has 1 aliphatic carbocycles. The van der Waals surface area contributed by atoms with E-state index in [9.17, 15) is 0 Å². The minimum Gasteiger partial charge on any atom is -0.468 e. The molecule has 1 heterocycles. The van der Waals surface area contributed by atoms with Crippen molar-refractivity contribution in [1.82, 2.24) is 4.90 Å². The number of hydrogen-bond donors (Lipinski definition) is 1. The summed E-state index contributed by atoms with van der Waals surface area (Å²) in [6.45, 7) is 9.94. The fraction of sp³-hybridized carbons (Fsp3) is 0.750. The van der Waals surface area contributed by atoms with E-state index >= 15 is 0 Å². The van der Waals surface area contributed by atoms with Gasteiger partial charge in [-0.1, -0.05) is 20.8 Å². The topological polar surface area (TPSA) is 42.4 Å². The van der Waals surface area contributed by atoms with E-state index < -0.39 is 0 Å². The maximum absolute atomic E-state index is 6.39. The van der Waals surface area contributed by atoms with E-state index in [1.165, 1.54) is 12.8 Å². The van der Waals surface area contributed by atoms with Gasteiger partial charge in [-0.25, -0.2) is 0 Å². The highest BCUT2D eigenvalue weighted by Crippen LogP contribution is 2.33. The van der Waals surface area contributed by atoms with Gasteiger partial charge < -0.3 is 10.2 Å². The molecule has 1 fully saturated rings. The second kappa shape index (κ2) is 6.58. The molecule has 0 aromatic carbocycles. The van der Waals surface area contributed by atoms with E-state index in [4.69, 9.17) is 10.2 Å². The predicted molar refractivity (Wildman–Crippen MR) is 78.7 cm³/mol. The van der Waals surface area contributed by atoms with Crippen molar-refractivity contribution >= 4 is 0 Å². The summed E-state index contributed by atoms with van der Waals surface area (Å²) >= 11 is 0. The van der Waals surface area contributed by atoms with Crippen LogP contribution in [0.2, 0.25) is 0 Å². The normalized spacial score (nSPS) is 31.8. The Kier molecular flexibility index (Phi) is 5.06. The van der Waals surface area contributed by atoms with Crippen molar-refractivity contribution < 1.29 is 4.42 Å². The third kappa shape index (κ3) is 3.83. The second-order valence-corrected chi connectivity index (χ2v) is 6.29. The molecule has 108 valence electrons. The Bertz CT molecular complexity index is 351. The number of rotatable bonds is 5. The molecule has 1 aromatic rings. The van der Waals surface area contributed by atoms with Gasteiger partial charge in [0, 0.05) is 12.6 Å². The molecule has 3 nitrogen and oxygen atoms in total. The summed E-state index contributed by atoms with van der Waals surface area (Å²) in [5.74, 6) is 3.17. The van der Waals surface area contributed by atoms with Crippen LogP contribution in [0.15, 0.2) is 22.8 Å². The van der Waals surface area contributed by atoms with E-state index in [0.717, 1.165) is 37.2 Å². The maximum Gasteiger partial charge on any atom is 0.117 e. The zero-order valence-corrected chi connectivity index (χ0v) is 12.5. The van der Waals surface area contributed by atoms with Crippen LogP contribution in [0.1, 0.15) is 39.4 Å². The van der Waals surface area contributed by atoms with Crippen LogP contribution in [-0.4, -0.2) is 24.0 Å². The molecule has 4 atom stereocenters. The molecular formula is C16H28N2O. The number of nitrogens with zero attached hydrogens (tertiary/aromatic N) is 1. The third-order valence-corrected chi connectivity index (χ3v) is 4.61. The van der Waals surface area contributed by atoms with Crippen LogP contribution in [0.3, 0.4) is 0 Å². The summed E-state index contributed by atoms with van der Waals surface area (Å²) in [6.07, 6.45) is 4.24. The SMILES string of the molecule is CCN(Cc1ccco1)CC1C(C)CC(C)CC1N. The lowest BCUT2D eigenvalue weighted by molar-refractivity contribution is 0.113. The number of nitrogens with two attached hydrogens (primary N) is 1. The summed E-state index contributed by atoms with van der Waals surface area (Å²) in [5.41, 5.74) is 6.39. The smallest absolute Gasteiger partial charge is 0.117 e. The van der Waals surface area contributed by atoms with Gasteiger partial charge in [-0.15, -0.1) is 0 Å². The summed E-state index contributed by atoms with van der Waals surface area (Å²) in [4.78, 5) is 2.45. The molecule has 0 radical (unpaired) electrons. The Morgan fingerprint density at radius 3 is 2.74 bits per heavy atom. The molecule has 1 aromatic heterocycles. The van der Waals surface area contributed by atoms with Gasteiger partial charge in [0.15, 0.2) is 0 Å². The van der Waals surface area contributed by atoms with Gasteiger partial charge in [0.1, 0.15) is 5.76 Å². The molecule has 0 spiro atoms. The summed E-state index contributed by atoms with van der Waals surface area (Å²) in [6, 6.07) is 4.36. The molecule has 1 saturated carbocycles. The Morgan fingerprint density at radius 1 is 1.37 bits per heavy atom. The van der Waals surface area contributed by atoms with E-state index in [1.54, 1.807) is 6.26 Å². The van der Waals surface area contributed by atoms with E-state index in [2.05, 4.69) is 31.7 Å². The molecule has 0 amide bonds. The Morgan fingerprint density at radius 2 is 2.16 bits per heavy atom. The van der Waals surface area contributed by atoms with Crippen LogP contribution in [-0.2, 0) is 6.54 Å². The first-order valence-corrected chi connectivity index (χ1v) is 7.60. The van der Waals surface area contributed by atoms with Gasteiger partial charge in [-0.2, -0.15) is 0 Å². The van der Waals surface area contributed by atoms with Crippen molar-refractivity contribution in [2.24, 2.45) is 23.5 Å². The molecule has 0 saturated heterocycles. The first-order valence-electron chi connectivity index (χ1n) is 7.60. The molecule has 0 bridgehead atoms. The molecule has 2 N–H and O–H groups in total. The van der Waals surface area contributed by atoms with E-state index in [0.29, 0.717) is 12.0 Å². The molecular weight excluding hydrogens is 236 g/mol. The monoisotopic (exact) mass is 264 g/mol. The standard InChI is InChI=1S/C16H28N2O/c1-4-18(10-14-6-5-7-19-14)11-15-13(3)8-12(2)9-16(15)17/h5-7,12-13,15-16H,4,8-11,17H2,1-3H3. The van der Waals surface area contributed by atoms with Gasteiger partial charge in [0.05, 0.1) is 12.8 Å². The summed E-state index contributed by atoms with van der Waals surface area (Å²) in [5, 5.41) is 0. The minimum absolute atomic E-state index is 0.351. The van der Waals surface area contributed by atoms with Crippen molar-refractivity contribution in [1.29, 1.82) is 0 Å². The Labute approximate surface area is 117 Å². The first-order chi connectivity index (χ1) is 9.10. The van der Waals surface area contributed by atoms with Crippen LogP contribution in [0.4, 0.5) is 0 Å². The average molecular weight is 264 g/mol. The van der Waals surface area contributed by atoms with E-state index in [1.807, 2.05) is 6.07 Å². The lowest BCUT2D eigenvalue weighted by Gasteiger charge is -2.40. The Hall–Kier alpha value is -0.800. The van der Waals surface area contributed by atoms with Crippen LogP contribution < -0.4 is 5.73 Å². The molecule has 1 aliphatic rings. The van der Waals surface area contributed by atoms with Crippen LogP contribution in [0.5, 0.6) is 0 Å². The van der Waals surface area contributed by atoms with Crippen molar-refractivity contribution in [3.8, 4) is 0 Å². The zero-order valence-electron chi connectivity index (χ0n) is 12.5. The summed E-state index contributed by atoms with van der Waals surface area (Å²) in [7, 11) is 0. The van der Waals surface area contributed by atoms with Crippen molar-refractivity contribution in [2.75, 3.05) is 13.1 Å². The third-order valence-electron chi connectivity index (χ3n) is 4.61. The van der Waals surface area contributed by atoms with Crippen LogP contribution in [0, 0.1) is 17.8 Å². The highest BCUT2D eigenvalue weighted by Gasteiger charge is 2.32. The number of furan rings is 1. The second-order valence-electron chi connectivity index (χ2n) is 6.29. The largest absolute Gasteiger partial charge is 0.468 e. The minimum atomic E-state index is 0.351. The van der Waals surface area contributed by atoms with Gasteiger partial charge in [0.2, 0.25) is 0 Å². The first kappa shape index (κ1) is 14.6. The quantitative estimate of drug-likeness (QED) is 0.888. The lowest BCUT2D eigenvalue weighted by atomic mass is 9.72. The van der Waals surface area contributed by atoms with Crippen molar-refractivity contribution in [2.45, 2.75) is 46.2 Å². The number of hydrogen-bond acceptors (Lipinski definition) is 3. The molecule has 19 heavy (non-hydrogen) atoms. The molecule has 4 unspecified atom stereocenters. The van der Waals surface area contributed by atoms with Gasteiger partial charge in [-0.3, -0.25) is 4.90 Å². The van der Waals surface area contributed by atoms with Crippen molar-refractivity contribution in [3.63, 3.8) is 0 Å². The fourth-order valence-corrected chi connectivity index (χ4v) is 3.51. The molecule has 2 rings (SSSR count). The summed E-state index contributed by atoms with van der Waals surface area (Å²) < 4.78 is 5.45. The van der Waals surface area contributed by atoms with Gasteiger partial charge in [0.25, 0.3) is 0 Å². The van der Waals surface area contributed by atoms with Gasteiger partial charge in [-0.05, 0) is 49.3 Å². The lowest BCUT2D eigenvalue weighted by Crippen LogP contribution is -2.46. The highest BCUT2D eigenvalue weighted by molar-refractivity contribution is 4.98. The maximum atomic E-state index is 6.39. The molecule has 3 heteroatoms. The zero-order chi connectivity index (χ0) is 13.8.